The first-order valence-corrected chi connectivity index (χ1v) is 9.60. The fraction of sp³-hybridized carbons (Fsp3) is 0.143. The summed E-state index contributed by atoms with van der Waals surface area (Å²) in [5, 5.41) is 7.97. The Kier molecular flexibility index (Phi) is 4.73. The first-order valence-electron chi connectivity index (χ1n) is 8.61. The van der Waals surface area contributed by atoms with Crippen molar-refractivity contribution in [2.45, 2.75) is 17.9 Å². The summed E-state index contributed by atoms with van der Waals surface area (Å²) in [6.07, 6.45) is -0.517. The van der Waals surface area contributed by atoms with E-state index in [1.54, 1.807) is 25.1 Å². The summed E-state index contributed by atoms with van der Waals surface area (Å²) in [4.78, 5) is 25.0. The Morgan fingerprint density at radius 2 is 1.93 bits per heavy atom. The van der Waals surface area contributed by atoms with E-state index in [0.717, 1.165) is 10.3 Å². The quantitative estimate of drug-likeness (QED) is 0.665. The van der Waals surface area contributed by atoms with E-state index in [2.05, 4.69) is 34.9 Å². The van der Waals surface area contributed by atoms with E-state index in [-0.39, 0.29) is 11.8 Å². The molecular weight excluding hydrogens is 360 g/mol. The highest BCUT2D eigenvalue weighted by Gasteiger charge is 2.23. The van der Waals surface area contributed by atoms with Gasteiger partial charge in [0.15, 0.2) is 6.10 Å². The number of hydrogen-bond acceptors (Lipinski definition) is 4. The summed E-state index contributed by atoms with van der Waals surface area (Å²) in [6.45, 7) is 1.69. The molecule has 136 valence electrons. The third kappa shape index (κ3) is 3.90. The molecule has 1 heterocycles. The van der Waals surface area contributed by atoms with Gasteiger partial charge in [-0.3, -0.25) is 9.59 Å². The number of fused-ring (bicyclic) bond motifs is 2. The molecule has 2 amide bonds. The molecule has 0 aromatic heterocycles. The predicted octanol–water partition coefficient (Wildman–Crippen LogP) is 4.29. The summed E-state index contributed by atoms with van der Waals surface area (Å²) in [5.41, 5.74) is 1.19. The zero-order valence-electron chi connectivity index (χ0n) is 14.7. The smallest absolute Gasteiger partial charge is 0.265 e. The lowest BCUT2D eigenvalue weighted by atomic mass is 10.1. The van der Waals surface area contributed by atoms with E-state index in [9.17, 15) is 9.59 Å². The highest BCUT2D eigenvalue weighted by Crippen LogP contribution is 2.32. The second-order valence-electron chi connectivity index (χ2n) is 6.31. The molecule has 6 heteroatoms. The van der Waals surface area contributed by atoms with Crippen molar-refractivity contribution in [1.82, 2.24) is 0 Å². The lowest BCUT2D eigenvalue weighted by Gasteiger charge is -2.23. The molecule has 1 aliphatic rings. The van der Waals surface area contributed by atoms with Crippen LogP contribution in [-0.4, -0.2) is 23.7 Å². The van der Waals surface area contributed by atoms with E-state index in [1.165, 1.54) is 17.1 Å². The molecule has 0 aliphatic carbocycles. The molecule has 3 aromatic carbocycles. The van der Waals surface area contributed by atoms with Gasteiger partial charge in [-0.2, -0.15) is 0 Å². The lowest BCUT2D eigenvalue weighted by molar-refractivity contribution is -0.122. The van der Waals surface area contributed by atoms with E-state index in [4.69, 9.17) is 4.74 Å². The first kappa shape index (κ1) is 17.4. The molecule has 0 spiro atoms. The second kappa shape index (κ2) is 7.32. The number of anilines is 2. The fourth-order valence-corrected chi connectivity index (χ4v) is 3.63. The molecule has 0 saturated carbocycles. The monoisotopic (exact) mass is 378 g/mol. The van der Waals surface area contributed by atoms with Gasteiger partial charge in [0, 0.05) is 10.6 Å². The zero-order valence-corrected chi connectivity index (χ0v) is 15.5. The highest BCUT2D eigenvalue weighted by molar-refractivity contribution is 8.00. The number of carbonyl (C=O) groups excluding carboxylic acids is 2. The predicted molar refractivity (Wildman–Crippen MR) is 108 cm³/mol. The van der Waals surface area contributed by atoms with Crippen LogP contribution in [0, 0.1) is 0 Å². The number of thioether (sulfide) groups is 1. The molecule has 2 N–H and O–H groups in total. The molecule has 4 rings (SSSR count). The van der Waals surface area contributed by atoms with Crippen LogP contribution in [0.4, 0.5) is 11.4 Å². The van der Waals surface area contributed by atoms with E-state index >= 15 is 0 Å². The molecule has 1 aliphatic heterocycles. The third-order valence-corrected chi connectivity index (χ3v) is 5.28. The van der Waals surface area contributed by atoms with Crippen molar-refractivity contribution in [3.05, 3.63) is 60.7 Å². The Hall–Kier alpha value is -2.99. The zero-order chi connectivity index (χ0) is 18.8. The molecule has 1 atom stereocenters. The van der Waals surface area contributed by atoms with Gasteiger partial charge in [0.25, 0.3) is 5.91 Å². The molecule has 3 aromatic rings. The molecule has 0 saturated heterocycles. The van der Waals surface area contributed by atoms with Crippen molar-refractivity contribution >= 4 is 45.7 Å². The van der Waals surface area contributed by atoms with Gasteiger partial charge in [-0.05, 0) is 48.0 Å². The van der Waals surface area contributed by atoms with E-state index in [1.807, 2.05) is 18.2 Å². The average Bonchev–Trinajstić information content (AvgIpc) is 2.67. The third-order valence-electron chi connectivity index (χ3n) is 4.29. The second-order valence-corrected chi connectivity index (χ2v) is 7.35. The number of amides is 2. The highest BCUT2D eigenvalue weighted by atomic mass is 32.2. The van der Waals surface area contributed by atoms with Gasteiger partial charge in [-0.1, -0.05) is 30.3 Å². The van der Waals surface area contributed by atoms with E-state index in [0.29, 0.717) is 22.9 Å². The Morgan fingerprint density at radius 3 is 2.78 bits per heavy atom. The van der Waals surface area contributed by atoms with Crippen LogP contribution in [-0.2, 0) is 9.59 Å². The lowest BCUT2D eigenvalue weighted by Crippen LogP contribution is -2.34. The van der Waals surface area contributed by atoms with Crippen molar-refractivity contribution < 1.29 is 14.3 Å². The minimum Gasteiger partial charge on any atom is -0.479 e. The Morgan fingerprint density at radius 1 is 1.11 bits per heavy atom. The maximum Gasteiger partial charge on any atom is 0.265 e. The molecule has 0 radical (unpaired) electrons. The molecule has 5 nitrogen and oxygen atoms in total. The van der Waals surface area contributed by atoms with Crippen LogP contribution in [0.3, 0.4) is 0 Å². The number of carbonyl (C=O) groups is 2. The van der Waals surface area contributed by atoms with Crippen LogP contribution in [0.25, 0.3) is 10.8 Å². The van der Waals surface area contributed by atoms with Gasteiger partial charge in [-0.25, -0.2) is 0 Å². The summed E-state index contributed by atoms with van der Waals surface area (Å²) in [5.74, 6) is 0.600. The molecule has 1 unspecified atom stereocenters. The van der Waals surface area contributed by atoms with Crippen molar-refractivity contribution in [3.63, 3.8) is 0 Å². The largest absolute Gasteiger partial charge is 0.479 e. The number of rotatable bonds is 4. The van der Waals surface area contributed by atoms with Crippen LogP contribution in [0.1, 0.15) is 6.92 Å². The van der Waals surface area contributed by atoms with Gasteiger partial charge < -0.3 is 15.4 Å². The van der Waals surface area contributed by atoms with Crippen molar-refractivity contribution in [1.29, 1.82) is 0 Å². The average molecular weight is 378 g/mol. The fourth-order valence-electron chi connectivity index (χ4n) is 2.89. The van der Waals surface area contributed by atoms with Gasteiger partial charge in [-0.15, -0.1) is 11.8 Å². The molecule has 0 fully saturated rings. The summed E-state index contributed by atoms with van der Waals surface area (Å²) < 4.78 is 5.52. The van der Waals surface area contributed by atoms with Crippen molar-refractivity contribution in [2.24, 2.45) is 0 Å². The van der Waals surface area contributed by atoms with Crippen molar-refractivity contribution in [3.8, 4) is 5.75 Å². The maximum absolute atomic E-state index is 12.3. The van der Waals surface area contributed by atoms with Crippen LogP contribution in [0.2, 0.25) is 0 Å². The summed E-state index contributed by atoms with van der Waals surface area (Å²) in [7, 11) is 0. The number of hydrogen-bond donors (Lipinski definition) is 2. The topological polar surface area (TPSA) is 67.4 Å². The van der Waals surface area contributed by atoms with Crippen LogP contribution >= 0.6 is 11.8 Å². The Bertz CT molecular complexity index is 1030. The number of ether oxygens (including phenoxy) is 1. The number of benzene rings is 3. The SMILES string of the molecule is CC1Oc2ccc(NC(=O)CSc3ccc4ccccc4c3)cc2NC1=O. The molecular formula is C21H18N2O3S. The minimum absolute atomic E-state index is 0.107. The standard InChI is InChI=1S/C21H18N2O3S/c1-13-21(25)23-18-11-16(7-9-19(18)26-13)22-20(24)12-27-17-8-6-14-4-2-3-5-15(14)10-17/h2-11,13H,12H2,1H3,(H,22,24)(H,23,25). The first-order chi connectivity index (χ1) is 13.1. The summed E-state index contributed by atoms with van der Waals surface area (Å²) in [6, 6.07) is 19.5. The van der Waals surface area contributed by atoms with Gasteiger partial charge in [0.1, 0.15) is 5.75 Å². The Balaban J connectivity index is 1.39. The van der Waals surface area contributed by atoms with Gasteiger partial charge in [0.05, 0.1) is 11.4 Å². The van der Waals surface area contributed by atoms with E-state index < -0.39 is 6.10 Å². The minimum atomic E-state index is -0.517. The molecule has 0 bridgehead atoms. The summed E-state index contributed by atoms with van der Waals surface area (Å²) >= 11 is 1.49. The van der Waals surface area contributed by atoms with Gasteiger partial charge in [0.2, 0.25) is 5.91 Å². The normalized spacial score (nSPS) is 15.6. The molecule has 27 heavy (non-hydrogen) atoms. The van der Waals surface area contributed by atoms with Crippen LogP contribution < -0.4 is 15.4 Å². The number of nitrogens with one attached hydrogen (secondary N) is 2. The van der Waals surface area contributed by atoms with Crippen molar-refractivity contribution in [2.75, 3.05) is 16.4 Å². The van der Waals surface area contributed by atoms with Crippen LogP contribution in [0.15, 0.2) is 65.6 Å². The van der Waals surface area contributed by atoms with Crippen LogP contribution in [0.5, 0.6) is 5.75 Å². The maximum atomic E-state index is 12.3. The van der Waals surface area contributed by atoms with Gasteiger partial charge >= 0.3 is 0 Å². The Labute approximate surface area is 161 Å².